The van der Waals surface area contributed by atoms with Crippen LogP contribution < -0.4 is 4.74 Å². The molecule has 1 heterocycles. The smallest absolute Gasteiger partial charge is 0.119 e. The van der Waals surface area contributed by atoms with Gasteiger partial charge in [-0.1, -0.05) is 25.4 Å². The van der Waals surface area contributed by atoms with Crippen molar-refractivity contribution in [1.82, 2.24) is 9.80 Å². The van der Waals surface area contributed by atoms with Gasteiger partial charge in [-0.3, -0.25) is 4.90 Å². The van der Waals surface area contributed by atoms with Crippen LogP contribution in [0.4, 0.5) is 0 Å². The van der Waals surface area contributed by atoms with Gasteiger partial charge >= 0.3 is 0 Å². The zero-order valence-electron chi connectivity index (χ0n) is 12.6. The van der Waals surface area contributed by atoms with E-state index < -0.39 is 0 Å². The lowest BCUT2D eigenvalue weighted by Gasteiger charge is -2.33. The summed E-state index contributed by atoms with van der Waals surface area (Å²) in [5, 5.41) is 0.829. The number of hydrogen-bond acceptors (Lipinski definition) is 3. The molecule has 0 N–H and O–H groups in total. The van der Waals surface area contributed by atoms with E-state index >= 15 is 0 Å². The second kappa shape index (κ2) is 7.87. The number of hydrogen-bond donors (Lipinski definition) is 0. The van der Waals surface area contributed by atoms with Gasteiger partial charge in [-0.15, -0.1) is 0 Å². The van der Waals surface area contributed by atoms with Crippen molar-refractivity contribution >= 4 is 11.6 Å². The molecule has 1 aromatic carbocycles. The van der Waals surface area contributed by atoms with Crippen molar-refractivity contribution in [3.63, 3.8) is 0 Å². The molecule has 1 aromatic rings. The van der Waals surface area contributed by atoms with E-state index in [1.807, 2.05) is 12.1 Å². The number of aryl methyl sites for hydroxylation is 1. The molecule has 0 unspecified atom stereocenters. The number of likely N-dealkylation sites (N-methyl/N-ethyl adjacent to an activating group) is 1. The fraction of sp³-hybridized carbons (Fsp3) is 0.625. The molecule has 2 rings (SSSR count). The molecule has 0 aromatic heterocycles. The minimum Gasteiger partial charge on any atom is -0.492 e. The lowest BCUT2D eigenvalue weighted by Crippen LogP contribution is -2.47. The Morgan fingerprint density at radius 3 is 2.45 bits per heavy atom. The van der Waals surface area contributed by atoms with Gasteiger partial charge in [-0.2, -0.15) is 0 Å². The fourth-order valence-corrected chi connectivity index (χ4v) is 2.78. The van der Waals surface area contributed by atoms with E-state index in [1.165, 1.54) is 13.1 Å². The first-order chi connectivity index (χ1) is 9.72. The van der Waals surface area contributed by atoms with E-state index in [-0.39, 0.29) is 0 Å². The monoisotopic (exact) mass is 296 g/mol. The first kappa shape index (κ1) is 15.6. The number of nitrogens with zero attached hydrogens (tertiary/aromatic N) is 2. The van der Waals surface area contributed by atoms with Crippen molar-refractivity contribution in [3.05, 3.63) is 28.8 Å². The minimum atomic E-state index is 0.747. The molecule has 1 saturated heterocycles. The van der Waals surface area contributed by atoms with Crippen molar-refractivity contribution in [2.75, 3.05) is 45.9 Å². The molecule has 20 heavy (non-hydrogen) atoms. The summed E-state index contributed by atoms with van der Waals surface area (Å²) in [4.78, 5) is 4.97. The molecular weight excluding hydrogens is 272 g/mol. The molecule has 112 valence electrons. The topological polar surface area (TPSA) is 15.7 Å². The Hall–Kier alpha value is -0.770. The lowest BCUT2D eigenvalue weighted by atomic mass is 10.1. The zero-order valence-corrected chi connectivity index (χ0v) is 13.3. The maximum atomic E-state index is 6.11. The number of halogens is 1. The largest absolute Gasteiger partial charge is 0.492 e. The highest BCUT2D eigenvalue weighted by Crippen LogP contribution is 2.22. The highest BCUT2D eigenvalue weighted by atomic mass is 35.5. The van der Waals surface area contributed by atoms with Crippen LogP contribution in [0.3, 0.4) is 0 Å². The first-order valence-corrected chi connectivity index (χ1v) is 7.96. The van der Waals surface area contributed by atoms with Gasteiger partial charge < -0.3 is 9.64 Å². The molecule has 0 aliphatic carbocycles. The van der Waals surface area contributed by atoms with E-state index in [1.54, 1.807) is 0 Å². The van der Waals surface area contributed by atoms with Crippen LogP contribution in [-0.2, 0) is 6.42 Å². The quantitative estimate of drug-likeness (QED) is 0.803. The van der Waals surface area contributed by atoms with Gasteiger partial charge in [0, 0.05) is 37.7 Å². The van der Waals surface area contributed by atoms with Gasteiger partial charge in [-0.05, 0) is 36.7 Å². The molecule has 0 saturated carbocycles. The number of rotatable bonds is 6. The second-order valence-corrected chi connectivity index (χ2v) is 5.64. The van der Waals surface area contributed by atoms with Crippen LogP contribution in [0.25, 0.3) is 0 Å². The summed E-state index contributed by atoms with van der Waals surface area (Å²) in [5.74, 6) is 0.929. The Bertz CT molecular complexity index is 417. The predicted octanol–water partition coefficient (Wildman–Crippen LogP) is 2.92. The van der Waals surface area contributed by atoms with Crippen LogP contribution in [0.5, 0.6) is 5.75 Å². The molecule has 1 aliphatic heterocycles. The molecule has 0 amide bonds. The summed E-state index contributed by atoms with van der Waals surface area (Å²) >= 11 is 6.11. The summed E-state index contributed by atoms with van der Waals surface area (Å²) in [7, 11) is 0. The average molecular weight is 297 g/mol. The maximum Gasteiger partial charge on any atom is 0.119 e. The van der Waals surface area contributed by atoms with E-state index in [0.717, 1.165) is 55.5 Å². The highest BCUT2D eigenvalue weighted by Gasteiger charge is 2.14. The predicted molar refractivity (Wildman–Crippen MR) is 84.9 cm³/mol. The van der Waals surface area contributed by atoms with Crippen LogP contribution in [0, 0.1) is 0 Å². The minimum absolute atomic E-state index is 0.747. The second-order valence-electron chi connectivity index (χ2n) is 5.23. The third-order valence-corrected chi connectivity index (χ3v) is 4.36. The molecule has 3 nitrogen and oxygen atoms in total. The van der Waals surface area contributed by atoms with E-state index in [4.69, 9.17) is 16.3 Å². The molecule has 0 bridgehead atoms. The third-order valence-electron chi connectivity index (χ3n) is 3.99. The Balaban J connectivity index is 1.73. The van der Waals surface area contributed by atoms with Gasteiger partial charge in [-0.25, -0.2) is 0 Å². The Labute approximate surface area is 127 Å². The fourth-order valence-electron chi connectivity index (χ4n) is 2.53. The number of ether oxygens (including phenoxy) is 1. The van der Waals surface area contributed by atoms with Crippen molar-refractivity contribution in [3.8, 4) is 5.75 Å². The Kier molecular flexibility index (Phi) is 6.14. The molecule has 1 aliphatic rings. The van der Waals surface area contributed by atoms with Crippen LogP contribution in [-0.4, -0.2) is 55.7 Å². The van der Waals surface area contributed by atoms with E-state index in [9.17, 15) is 0 Å². The first-order valence-electron chi connectivity index (χ1n) is 7.58. The molecular formula is C16H25ClN2O. The summed E-state index contributed by atoms with van der Waals surface area (Å²) in [6, 6.07) is 5.93. The van der Waals surface area contributed by atoms with Crippen molar-refractivity contribution in [2.24, 2.45) is 0 Å². The average Bonchev–Trinajstić information content (AvgIpc) is 2.49. The van der Waals surface area contributed by atoms with Crippen molar-refractivity contribution in [1.29, 1.82) is 0 Å². The normalized spacial score (nSPS) is 17.4. The summed E-state index contributed by atoms with van der Waals surface area (Å²) < 4.78 is 5.85. The molecule has 0 spiro atoms. The molecule has 0 radical (unpaired) electrons. The maximum absolute atomic E-state index is 6.11. The summed E-state index contributed by atoms with van der Waals surface area (Å²) in [6.07, 6.45) is 0.939. The van der Waals surface area contributed by atoms with E-state index in [2.05, 4.69) is 29.7 Å². The Morgan fingerprint density at radius 1 is 1.10 bits per heavy atom. The third kappa shape index (κ3) is 4.37. The van der Waals surface area contributed by atoms with Crippen molar-refractivity contribution < 1.29 is 4.74 Å². The van der Waals surface area contributed by atoms with Gasteiger partial charge in [0.05, 0.1) is 0 Å². The van der Waals surface area contributed by atoms with Crippen LogP contribution in [0.2, 0.25) is 5.02 Å². The number of piperazine rings is 1. The van der Waals surface area contributed by atoms with Gasteiger partial charge in [0.15, 0.2) is 0 Å². The van der Waals surface area contributed by atoms with Crippen LogP contribution in [0.1, 0.15) is 19.4 Å². The van der Waals surface area contributed by atoms with Crippen LogP contribution in [0.15, 0.2) is 18.2 Å². The zero-order chi connectivity index (χ0) is 14.4. The Morgan fingerprint density at radius 2 is 1.80 bits per heavy atom. The SMILES string of the molecule is CCc1cc(OCCN2CCN(CC)CC2)ccc1Cl. The van der Waals surface area contributed by atoms with Gasteiger partial charge in [0.1, 0.15) is 12.4 Å². The van der Waals surface area contributed by atoms with Gasteiger partial charge in [0.2, 0.25) is 0 Å². The van der Waals surface area contributed by atoms with Crippen LogP contribution >= 0.6 is 11.6 Å². The number of benzene rings is 1. The molecule has 4 heteroatoms. The standard InChI is InChI=1S/C16H25ClN2O/c1-3-14-13-15(5-6-16(14)17)20-12-11-19-9-7-18(4-2)8-10-19/h5-6,13H,3-4,7-12H2,1-2H3. The summed E-state index contributed by atoms with van der Waals surface area (Å²) in [6.45, 7) is 11.9. The highest BCUT2D eigenvalue weighted by molar-refractivity contribution is 6.31. The molecule has 0 atom stereocenters. The summed E-state index contributed by atoms with van der Waals surface area (Å²) in [5.41, 5.74) is 1.15. The van der Waals surface area contributed by atoms with E-state index in [0.29, 0.717) is 0 Å². The lowest BCUT2D eigenvalue weighted by molar-refractivity contribution is 0.121. The van der Waals surface area contributed by atoms with Gasteiger partial charge in [0.25, 0.3) is 0 Å². The molecule has 1 fully saturated rings. The van der Waals surface area contributed by atoms with Crippen molar-refractivity contribution in [2.45, 2.75) is 20.3 Å².